The minimum atomic E-state index is -3.54. The van der Waals surface area contributed by atoms with Gasteiger partial charge in [0.25, 0.3) is 0 Å². The van der Waals surface area contributed by atoms with E-state index in [4.69, 9.17) is 23.2 Å². The molecule has 0 aliphatic carbocycles. The summed E-state index contributed by atoms with van der Waals surface area (Å²) in [4.78, 5) is 12.8. The second-order valence-electron chi connectivity index (χ2n) is 8.22. The number of benzene rings is 1. The number of piperidine rings is 1. The first-order valence-electron chi connectivity index (χ1n) is 9.73. The molecule has 1 heterocycles. The molecule has 1 fully saturated rings. The number of sulfonamides is 1. The molecule has 1 aliphatic rings. The third-order valence-corrected chi connectivity index (χ3v) is 7.78. The third-order valence-electron chi connectivity index (χ3n) is 5.23. The molecule has 1 atom stereocenters. The zero-order valence-corrected chi connectivity index (χ0v) is 19.2. The van der Waals surface area contributed by atoms with Gasteiger partial charge in [-0.25, -0.2) is 12.7 Å². The highest BCUT2D eigenvalue weighted by Crippen LogP contribution is 2.26. The van der Waals surface area contributed by atoms with Gasteiger partial charge >= 0.3 is 0 Å². The van der Waals surface area contributed by atoms with E-state index in [0.29, 0.717) is 46.8 Å². The Morgan fingerprint density at radius 2 is 1.82 bits per heavy atom. The highest BCUT2D eigenvalue weighted by Gasteiger charge is 2.33. The average molecular weight is 449 g/mol. The van der Waals surface area contributed by atoms with E-state index in [1.165, 1.54) is 4.31 Å². The predicted molar refractivity (Wildman–Crippen MR) is 115 cm³/mol. The largest absolute Gasteiger partial charge is 0.353 e. The van der Waals surface area contributed by atoms with Crippen LogP contribution in [0.1, 0.15) is 46.1 Å². The summed E-state index contributed by atoms with van der Waals surface area (Å²) in [5.41, 5.74) is 0.584. The van der Waals surface area contributed by atoms with Crippen molar-refractivity contribution in [3.63, 3.8) is 0 Å². The van der Waals surface area contributed by atoms with Crippen LogP contribution in [-0.2, 0) is 20.6 Å². The summed E-state index contributed by atoms with van der Waals surface area (Å²) >= 11 is 11.9. The fourth-order valence-electron chi connectivity index (χ4n) is 3.73. The van der Waals surface area contributed by atoms with Crippen LogP contribution < -0.4 is 5.32 Å². The van der Waals surface area contributed by atoms with E-state index in [9.17, 15) is 13.2 Å². The quantitative estimate of drug-likeness (QED) is 0.674. The van der Waals surface area contributed by atoms with Gasteiger partial charge in [-0.15, -0.1) is 0 Å². The van der Waals surface area contributed by atoms with E-state index >= 15 is 0 Å². The van der Waals surface area contributed by atoms with Crippen LogP contribution in [-0.4, -0.2) is 37.8 Å². The Kier molecular flexibility index (Phi) is 8.20. The van der Waals surface area contributed by atoms with Crippen LogP contribution in [0.25, 0.3) is 0 Å². The van der Waals surface area contributed by atoms with Crippen molar-refractivity contribution in [1.82, 2.24) is 9.62 Å². The first kappa shape index (κ1) is 23.5. The molecule has 1 unspecified atom stereocenters. The number of amides is 1. The Labute approximate surface area is 178 Å². The van der Waals surface area contributed by atoms with Gasteiger partial charge in [0.2, 0.25) is 15.9 Å². The number of rotatable bonds is 7. The lowest BCUT2D eigenvalue weighted by Gasteiger charge is -2.33. The molecule has 0 bridgehead atoms. The molecule has 158 valence electrons. The molecule has 5 nitrogen and oxygen atoms in total. The highest BCUT2D eigenvalue weighted by atomic mass is 35.5. The highest BCUT2D eigenvalue weighted by molar-refractivity contribution is 7.88. The molecule has 0 aromatic heterocycles. The molecule has 0 saturated carbocycles. The molecule has 1 aliphatic heterocycles. The molecule has 1 saturated heterocycles. The van der Waals surface area contributed by atoms with Crippen molar-refractivity contribution in [3.05, 3.63) is 33.8 Å². The summed E-state index contributed by atoms with van der Waals surface area (Å²) in [6, 6.07) is 4.91. The van der Waals surface area contributed by atoms with Crippen molar-refractivity contribution >= 4 is 39.1 Å². The Morgan fingerprint density at radius 3 is 2.39 bits per heavy atom. The van der Waals surface area contributed by atoms with E-state index in [0.717, 1.165) is 0 Å². The van der Waals surface area contributed by atoms with Gasteiger partial charge in [-0.05, 0) is 42.4 Å². The van der Waals surface area contributed by atoms with Crippen LogP contribution in [0.3, 0.4) is 0 Å². The van der Waals surface area contributed by atoms with E-state index < -0.39 is 10.0 Å². The molecule has 0 radical (unpaired) electrons. The maximum absolute atomic E-state index is 12.9. The molecule has 1 aromatic carbocycles. The van der Waals surface area contributed by atoms with Gasteiger partial charge in [-0.3, -0.25) is 4.79 Å². The second-order valence-corrected chi connectivity index (χ2v) is 11.0. The van der Waals surface area contributed by atoms with Crippen LogP contribution in [0.2, 0.25) is 10.0 Å². The van der Waals surface area contributed by atoms with Gasteiger partial charge in [-0.2, -0.15) is 0 Å². The lowest BCUT2D eigenvalue weighted by Crippen LogP contribution is -2.50. The van der Waals surface area contributed by atoms with E-state index in [-0.39, 0.29) is 30.2 Å². The average Bonchev–Trinajstić information content (AvgIpc) is 2.62. The SMILES string of the molecule is CC(C)C(NC(=O)C1CCCN(S(=O)(=O)Cc2ccc(Cl)c(Cl)c2)C1)C(C)C. The number of hydrogen-bond donors (Lipinski definition) is 1. The first-order chi connectivity index (χ1) is 13.0. The van der Waals surface area contributed by atoms with Gasteiger partial charge in [0.05, 0.1) is 21.7 Å². The number of nitrogens with zero attached hydrogens (tertiary/aromatic N) is 1. The zero-order chi connectivity index (χ0) is 21.1. The monoisotopic (exact) mass is 448 g/mol. The Hall–Kier alpha value is -0.820. The van der Waals surface area contributed by atoms with Crippen molar-refractivity contribution in [3.8, 4) is 0 Å². The Morgan fingerprint density at radius 1 is 1.18 bits per heavy atom. The van der Waals surface area contributed by atoms with Crippen LogP contribution in [0.15, 0.2) is 18.2 Å². The number of hydrogen-bond acceptors (Lipinski definition) is 3. The van der Waals surface area contributed by atoms with Gasteiger partial charge in [0.1, 0.15) is 0 Å². The van der Waals surface area contributed by atoms with E-state index in [1.807, 2.05) is 0 Å². The normalized spacial score (nSPS) is 18.8. The molecule has 28 heavy (non-hydrogen) atoms. The molecular formula is C20H30Cl2N2O3S. The van der Waals surface area contributed by atoms with E-state index in [2.05, 4.69) is 33.0 Å². The lowest BCUT2D eigenvalue weighted by atomic mass is 9.91. The first-order valence-corrected chi connectivity index (χ1v) is 12.1. The number of carbonyl (C=O) groups excluding carboxylic acids is 1. The standard InChI is InChI=1S/C20H30Cl2N2O3S/c1-13(2)19(14(3)4)23-20(25)16-6-5-9-24(11-16)28(26,27)12-15-7-8-17(21)18(22)10-15/h7-8,10,13-14,16,19H,5-6,9,11-12H2,1-4H3,(H,23,25). The summed E-state index contributed by atoms with van der Waals surface area (Å²) in [6.07, 6.45) is 1.38. The number of nitrogens with one attached hydrogen (secondary N) is 1. The summed E-state index contributed by atoms with van der Waals surface area (Å²) in [6.45, 7) is 8.99. The van der Waals surface area contributed by atoms with Gasteiger partial charge in [0.15, 0.2) is 0 Å². The van der Waals surface area contributed by atoms with Gasteiger partial charge in [-0.1, -0.05) is 57.0 Å². The predicted octanol–water partition coefficient (Wildman–Crippen LogP) is 4.33. The topological polar surface area (TPSA) is 66.5 Å². The summed E-state index contributed by atoms with van der Waals surface area (Å²) < 4.78 is 27.2. The molecule has 8 heteroatoms. The van der Waals surface area contributed by atoms with E-state index in [1.54, 1.807) is 18.2 Å². The molecule has 2 rings (SSSR count). The molecule has 1 amide bonds. The van der Waals surface area contributed by atoms with Crippen LogP contribution in [0.4, 0.5) is 0 Å². The Bertz CT molecular complexity index is 789. The third kappa shape index (κ3) is 6.09. The second kappa shape index (κ2) is 9.79. The fraction of sp³-hybridized carbons (Fsp3) is 0.650. The lowest BCUT2D eigenvalue weighted by molar-refractivity contribution is -0.127. The van der Waals surface area contributed by atoms with Crippen molar-refractivity contribution < 1.29 is 13.2 Å². The number of halogens is 2. The molecule has 1 N–H and O–H groups in total. The van der Waals surface area contributed by atoms with Gasteiger partial charge < -0.3 is 5.32 Å². The number of carbonyl (C=O) groups is 1. The smallest absolute Gasteiger partial charge is 0.224 e. The Balaban J connectivity index is 2.06. The summed E-state index contributed by atoms with van der Waals surface area (Å²) in [7, 11) is -3.54. The van der Waals surface area contributed by atoms with Crippen molar-refractivity contribution in [2.24, 2.45) is 17.8 Å². The van der Waals surface area contributed by atoms with Gasteiger partial charge in [0, 0.05) is 19.1 Å². The van der Waals surface area contributed by atoms with Crippen molar-refractivity contribution in [2.75, 3.05) is 13.1 Å². The molecule has 1 aromatic rings. The van der Waals surface area contributed by atoms with Crippen LogP contribution >= 0.6 is 23.2 Å². The van der Waals surface area contributed by atoms with Crippen molar-refractivity contribution in [1.29, 1.82) is 0 Å². The maximum Gasteiger partial charge on any atom is 0.224 e. The summed E-state index contributed by atoms with van der Waals surface area (Å²) in [5, 5.41) is 3.85. The maximum atomic E-state index is 12.9. The van der Waals surface area contributed by atoms with Crippen LogP contribution in [0, 0.1) is 17.8 Å². The fourth-order valence-corrected chi connectivity index (χ4v) is 5.64. The van der Waals surface area contributed by atoms with Crippen molar-refractivity contribution in [2.45, 2.75) is 52.3 Å². The van der Waals surface area contributed by atoms with Crippen LogP contribution in [0.5, 0.6) is 0 Å². The minimum absolute atomic E-state index is 0.0539. The minimum Gasteiger partial charge on any atom is -0.353 e. The zero-order valence-electron chi connectivity index (χ0n) is 16.9. The molecular weight excluding hydrogens is 419 g/mol. The summed E-state index contributed by atoms with van der Waals surface area (Å²) in [5.74, 6) is 0.113. The molecule has 0 spiro atoms.